The Kier molecular flexibility index (Phi) is 10.7. The Hall–Kier alpha value is -4.43. The van der Waals surface area contributed by atoms with E-state index in [9.17, 15) is 37.7 Å². The molecule has 2 saturated heterocycles. The Morgan fingerprint density at radius 1 is 1.00 bits per heavy atom. The average molecular weight is 756 g/mol. The van der Waals surface area contributed by atoms with Crippen molar-refractivity contribution in [1.29, 1.82) is 5.26 Å². The van der Waals surface area contributed by atoms with E-state index >= 15 is 0 Å². The minimum atomic E-state index is -4.44. The normalized spacial score (nSPS) is 28.4. The molecule has 5 aliphatic rings. The minimum absolute atomic E-state index is 0.0871. The molecule has 53 heavy (non-hydrogen) atoms. The molecule has 0 radical (unpaired) electrons. The molecule has 17 heteroatoms. The van der Waals surface area contributed by atoms with E-state index in [-0.39, 0.29) is 31.7 Å². The molecule has 5 atom stereocenters. The standard InChI is InChI=1S/C36H49N7O9S/c1-34(2,3)52-32(47)38-27-14-8-6-4-5-7-13-25-18-36(25,31(46)40-53(49,50)41-35(22-37)15-16-35)39-29(44)28-17-26(21-43(28)30(27)45)51-33(48)42-19-23-11-9-10-12-24(23)20-42/h9-12,25-28,41H,4-8,13-21H2,1-3H3,(H,38,47)(H,39,44)(H,40,46)/t25-,26-,27+,28+,36-/m1/s1. The maximum absolute atomic E-state index is 14.3. The Balaban J connectivity index is 1.24. The van der Waals surface area contributed by atoms with E-state index in [1.165, 1.54) is 9.80 Å². The number of alkyl carbamates (subject to hydrolysis) is 1. The van der Waals surface area contributed by atoms with Gasteiger partial charge in [0, 0.05) is 19.5 Å². The first-order chi connectivity index (χ1) is 25.0. The Morgan fingerprint density at radius 2 is 1.64 bits per heavy atom. The fourth-order valence-electron chi connectivity index (χ4n) is 7.56. The van der Waals surface area contributed by atoms with Crippen molar-refractivity contribution in [3.05, 3.63) is 35.4 Å². The second-order valence-electron chi connectivity index (χ2n) is 16.0. The molecule has 0 aromatic heterocycles. The summed E-state index contributed by atoms with van der Waals surface area (Å²) in [5.41, 5.74) is -1.68. The minimum Gasteiger partial charge on any atom is -0.444 e. The van der Waals surface area contributed by atoms with Crippen LogP contribution < -0.4 is 20.1 Å². The fraction of sp³-hybridized carbons (Fsp3) is 0.667. The van der Waals surface area contributed by atoms with E-state index in [1.807, 2.05) is 35.1 Å². The van der Waals surface area contributed by atoms with Gasteiger partial charge in [-0.05, 0) is 69.9 Å². The van der Waals surface area contributed by atoms with Gasteiger partial charge in [-0.3, -0.25) is 19.3 Å². The van der Waals surface area contributed by atoms with Gasteiger partial charge in [0.15, 0.2) is 0 Å². The number of nitriles is 1. The van der Waals surface area contributed by atoms with Crippen LogP contribution in [-0.4, -0.2) is 89.5 Å². The van der Waals surface area contributed by atoms with Crippen LogP contribution in [0.25, 0.3) is 0 Å². The summed E-state index contributed by atoms with van der Waals surface area (Å²) in [7, 11) is -4.44. The monoisotopic (exact) mass is 755 g/mol. The van der Waals surface area contributed by atoms with E-state index in [1.54, 1.807) is 20.8 Å². The van der Waals surface area contributed by atoms with Crippen LogP contribution in [0, 0.1) is 17.2 Å². The molecule has 288 valence electrons. The molecule has 4 fully saturated rings. The van der Waals surface area contributed by atoms with Crippen LogP contribution in [0.1, 0.15) is 103 Å². The number of ether oxygens (including phenoxy) is 2. The maximum atomic E-state index is 14.3. The largest absolute Gasteiger partial charge is 0.444 e. The smallest absolute Gasteiger partial charge is 0.410 e. The SMILES string of the molecule is CC(C)(C)OC(=O)N[C@H]1CCCCCCC[C@@H]2C[C@@]2(C(=O)NS(=O)(=O)NC2(C#N)CC2)NC(=O)[C@@H]2C[C@@H](OC(=O)N3Cc4ccccc4C3)CN2C1=O. The highest BCUT2D eigenvalue weighted by Crippen LogP contribution is 2.48. The van der Waals surface area contributed by atoms with Crippen LogP contribution in [-0.2, 0) is 47.2 Å². The van der Waals surface area contributed by atoms with E-state index in [4.69, 9.17) is 9.47 Å². The van der Waals surface area contributed by atoms with E-state index in [0.29, 0.717) is 38.8 Å². The second-order valence-corrected chi connectivity index (χ2v) is 17.4. The molecule has 0 spiro atoms. The second kappa shape index (κ2) is 14.8. The summed E-state index contributed by atoms with van der Waals surface area (Å²) in [6, 6.07) is 7.31. The molecule has 3 aliphatic heterocycles. The maximum Gasteiger partial charge on any atom is 0.410 e. The molecule has 4 N–H and O–H groups in total. The number of rotatable bonds is 6. The lowest BCUT2D eigenvalue weighted by molar-refractivity contribution is -0.141. The summed E-state index contributed by atoms with van der Waals surface area (Å²) in [5, 5.41) is 14.9. The number of fused-ring (bicyclic) bond motifs is 3. The van der Waals surface area contributed by atoms with Crippen molar-refractivity contribution < 1.29 is 41.9 Å². The van der Waals surface area contributed by atoms with Crippen LogP contribution in [0.4, 0.5) is 9.59 Å². The van der Waals surface area contributed by atoms with E-state index < -0.39 is 75.0 Å². The summed E-state index contributed by atoms with van der Waals surface area (Å²) in [5.74, 6) is -2.58. The topological polar surface area (TPSA) is 216 Å². The van der Waals surface area contributed by atoms with E-state index in [2.05, 4.69) is 15.4 Å². The number of nitrogens with one attached hydrogen (secondary N) is 4. The third-order valence-electron chi connectivity index (χ3n) is 10.6. The number of nitrogens with zero attached hydrogens (tertiary/aromatic N) is 3. The number of carbonyl (C=O) groups is 5. The predicted octanol–water partition coefficient (Wildman–Crippen LogP) is 2.63. The van der Waals surface area contributed by atoms with Crippen molar-refractivity contribution in [2.24, 2.45) is 5.92 Å². The Bertz CT molecular complexity index is 1760. The third kappa shape index (κ3) is 9.03. The van der Waals surface area contributed by atoms with Crippen LogP contribution in [0.15, 0.2) is 24.3 Å². The molecular formula is C36H49N7O9S. The molecule has 2 saturated carbocycles. The van der Waals surface area contributed by atoms with Gasteiger partial charge in [-0.2, -0.15) is 18.4 Å². The van der Waals surface area contributed by atoms with Crippen molar-refractivity contribution in [1.82, 2.24) is 29.9 Å². The number of benzene rings is 1. The molecule has 16 nitrogen and oxygen atoms in total. The molecule has 1 aromatic rings. The number of carbonyl (C=O) groups excluding carboxylic acids is 5. The fourth-order valence-corrected chi connectivity index (χ4v) is 8.80. The van der Waals surface area contributed by atoms with Gasteiger partial charge in [0.05, 0.1) is 12.6 Å². The summed E-state index contributed by atoms with van der Waals surface area (Å²) in [6.07, 6.45) is 3.01. The highest BCUT2D eigenvalue weighted by molar-refractivity contribution is 7.88. The van der Waals surface area contributed by atoms with E-state index in [0.717, 1.165) is 36.8 Å². The first-order valence-electron chi connectivity index (χ1n) is 18.4. The van der Waals surface area contributed by atoms with Crippen molar-refractivity contribution in [2.45, 2.75) is 139 Å². The summed E-state index contributed by atoms with van der Waals surface area (Å²) in [6.45, 7) is 5.67. The molecule has 2 aliphatic carbocycles. The van der Waals surface area contributed by atoms with Crippen molar-refractivity contribution in [3.8, 4) is 6.07 Å². The van der Waals surface area contributed by atoms with Gasteiger partial charge in [0.2, 0.25) is 11.8 Å². The molecule has 5 amide bonds. The molecule has 3 heterocycles. The lowest BCUT2D eigenvalue weighted by atomic mass is 10.0. The summed E-state index contributed by atoms with van der Waals surface area (Å²) >= 11 is 0. The first kappa shape index (κ1) is 38.3. The average Bonchev–Trinajstić information content (AvgIpc) is 3.88. The summed E-state index contributed by atoms with van der Waals surface area (Å²) in [4.78, 5) is 71.5. The van der Waals surface area contributed by atoms with Crippen LogP contribution in [0.2, 0.25) is 0 Å². The summed E-state index contributed by atoms with van der Waals surface area (Å²) < 4.78 is 41.5. The number of amides is 5. The quantitative estimate of drug-likeness (QED) is 0.333. The molecule has 6 rings (SSSR count). The van der Waals surface area contributed by atoms with Crippen LogP contribution in [0.5, 0.6) is 0 Å². The van der Waals surface area contributed by atoms with Gasteiger partial charge < -0.3 is 25.0 Å². The van der Waals surface area contributed by atoms with Gasteiger partial charge >= 0.3 is 22.4 Å². The molecular weight excluding hydrogens is 707 g/mol. The number of hydrogen-bond donors (Lipinski definition) is 4. The van der Waals surface area contributed by atoms with Crippen molar-refractivity contribution in [3.63, 3.8) is 0 Å². The molecule has 0 bridgehead atoms. The van der Waals surface area contributed by atoms with Gasteiger partial charge in [-0.1, -0.05) is 56.4 Å². The van der Waals surface area contributed by atoms with Crippen molar-refractivity contribution in [2.75, 3.05) is 6.54 Å². The van der Waals surface area contributed by atoms with Gasteiger partial charge in [0.25, 0.3) is 5.91 Å². The van der Waals surface area contributed by atoms with Crippen LogP contribution >= 0.6 is 0 Å². The first-order valence-corrected chi connectivity index (χ1v) is 19.9. The Morgan fingerprint density at radius 3 is 2.26 bits per heavy atom. The van der Waals surface area contributed by atoms with Crippen LogP contribution in [0.3, 0.4) is 0 Å². The lowest BCUT2D eigenvalue weighted by Gasteiger charge is -2.30. The molecule has 0 unspecified atom stereocenters. The highest BCUT2D eigenvalue weighted by atomic mass is 32.2. The van der Waals surface area contributed by atoms with Crippen molar-refractivity contribution >= 4 is 40.1 Å². The zero-order chi connectivity index (χ0) is 38.2. The number of hydrogen-bond acceptors (Lipinski definition) is 10. The molecule has 1 aromatic carbocycles. The van der Waals surface area contributed by atoms with Gasteiger partial charge in [-0.25, -0.2) is 14.3 Å². The van der Waals surface area contributed by atoms with Gasteiger partial charge in [-0.15, -0.1) is 0 Å². The van der Waals surface area contributed by atoms with Gasteiger partial charge in [0.1, 0.15) is 34.9 Å². The third-order valence-corrected chi connectivity index (χ3v) is 11.7. The highest BCUT2D eigenvalue weighted by Gasteiger charge is 2.62. The zero-order valence-corrected chi connectivity index (χ0v) is 31.3. The Labute approximate surface area is 309 Å². The predicted molar refractivity (Wildman–Crippen MR) is 188 cm³/mol. The zero-order valence-electron chi connectivity index (χ0n) is 30.4. The lowest BCUT2D eigenvalue weighted by Crippen LogP contribution is -2.59.